The summed E-state index contributed by atoms with van der Waals surface area (Å²) in [6.07, 6.45) is -1.28. The van der Waals surface area contributed by atoms with Crippen molar-refractivity contribution < 1.29 is 29.0 Å². The van der Waals surface area contributed by atoms with Crippen LogP contribution in [0.2, 0.25) is 0 Å². The molecule has 2 aliphatic heterocycles. The lowest BCUT2D eigenvalue weighted by Gasteiger charge is -2.18. The summed E-state index contributed by atoms with van der Waals surface area (Å²) in [5, 5.41) is 26.0. The van der Waals surface area contributed by atoms with E-state index < -0.39 is 33.7 Å². The second-order valence-electron chi connectivity index (χ2n) is 6.41. The van der Waals surface area contributed by atoms with Gasteiger partial charge in [-0.3, -0.25) is 29.8 Å². The number of benzene rings is 2. The van der Waals surface area contributed by atoms with Crippen LogP contribution in [0.1, 0.15) is 5.56 Å². The number of imide groups is 1. The number of nitro groups is 2. The summed E-state index contributed by atoms with van der Waals surface area (Å²) in [4.78, 5) is 52.8. The Balaban J connectivity index is 1.75. The fourth-order valence-electron chi connectivity index (χ4n) is 3.40. The first-order valence-electron chi connectivity index (χ1n) is 8.52. The molecule has 2 aliphatic rings. The second kappa shape index (κ2) is 6.92. The fourth-order valence-corrected chi connectivity index (χ4v) is 3.40. The highest BCUT2D eigenvalue weighted by molar-refractivity contribution is 6.33. The molecule has 2 unspecified atom stereocenters. The van der Waals surface area contributed by atoms with Gasteiger partial charge < -0.3 is 9.57 Å². The van der Waals surface area contributed by atoms with Crippen LogP contribution in [0.3, 0.4) is 0 Å². The van der Waals surface area contributed by atoms with Gasteiger partial charge in [0, 0.05) is 29.8 Å². The number of hydrogen-bond donors (Lipinski definition) is 0. The van der Waals surface area contributed by atoms with Crippen molar-refractivity contribution in [3.63, 3.8) is 0 Å². The van der Waals surface area contributed by atoms with Gasteiger partial charge in [0.1, 0.15) is 23.1 Å². The van der Waals surface area contributed by atoms with Gasteiger partial charge in [-0.25, -0.2) is 4.90 Å². The monoisotopic (exact) mass is 412 g/mol. The highest BCUT2D eigenvalue weighted by atomic mass is 16.7. The van der Waals surface area contributed by atoms with E-state index in [0.29, 0.717) is 0 Å². The van der Waals surface area contributed by atoms with Gasteiger partial charge in [-0.15, -0.1) is 0 Å². The zero-order valence-corrected chi connectivity index (χ0v) is 15.3. The molecule has 0 saturated carbocycles. The third kappa shape index (κ3) is 2.82. The lowest BCUT2D eigenvalue weighted by atomic mass is 9.94. The molecule has 2 amide bonds. The minimum absolute atomic E-state index is 0.0638. The molecule has 2 aromatic rings. The lowest BCUT2D eigenvalue weighted by molar-refractivity contribution is -0.385. The van der Waals surface area contributed by atoms with Crippen LogP contribution in [0.25, 0.3) is 0 Å². The van der Waals surface area contributed by atoms with Gasteiger partial charge in [0.15, 0.2) is 0 Å². The number of rotatable bonds is 5. The largest absolute Gasteiger partial charge is 0.495 e. The van der Waals surface area contributed by atoms with Crippen molar-refractivity contribution in [2.45, 2.75) is 6.10 Å². The highest BCUT2D eigenvalue weighted by Gasteiger charge is 2.57. The first-order valence-corrected chi connectivity index (χ1v) is 8.52. The van der Waals surface area contributed by atoms with Crippen molar-refractivity contribution >= 4 is 34.6 Å². The number of amides is 2. The third-order valence-electron chi connectivity index (χ3n) is 4.78. The van der Waals surface area contributed by atoms with Crippen LogP contribution < -0.4 is 9.64 Å². The molecular formula is C18H12N4O8. The van der Waals surface area contributed by atoms with Gasteiger partial charge >= 0.3 is 0 Å². The van der Waals surface area contributed by atoms with E-state index in [4.69, 9.17) is 9.57 Å². The molecule has 1 saturated heterocycles. The summed E-state index contributed by atoms with van der Waals surface area (Å²) in [7, 11) is 1.29. The molecule has 12 heteroatoms. The number of anilines is 1. The first-order chi connectivity index (χ1) is 14.3. The minimum Gasteiger partial charge on any atom is -0.495 e. The van der Waals surface area contributed by atoms with Crippen LogP contribution in [0.4, 0.5) is 17.1 Å². The van der Waals surface area contributed by atoms with E-state index in [1.165, 1.54) is 43.5 Å². The number of hydrogen-bond acceptors (Lipinski definition) is 9. The number of fused-ring (bicyclic) bond motifs is 1. The molecule has 1 fully saturated rings. The summed E-state index contributed by atoms with van der Waals surface area (Å²) < 4.78 is 5.15. The smallest absolute Gasteiger partial charge is 0.279 e. The highest BCUT2D eigenvalue weighted by Crippen LogP contribution is 2.40. The number of nitrogens with zero attached hydrogens (tertiary/aromatic N) is 4. The van der Waals surface area contributed by atoms with Gasteiger partial charge in [0.05, 0.1) is 17.0 Å². The number of ether oxygens (including phenoxy) is 1. The first kappa shape index (κ1) is 19.0. The van der Waals surface area contributed by atoms with Gasteiger partial charge in [0.25, 0.3) is 17.3 Å². The number of nitro benzene ring substituents is 2. The summed E-state index contributed by atoms with van der Waals surface area (Å²) in [5.41, 5.74) is -0.331. The van der Waals surface area contributed by atoms with E-state index in [1.54, 1.807) is 0 Å². The number of carbonyl (C=O) groups excluding carboxylic acids is 2. The summed E-state index contributed by atoms with van der Waals surface area (Å²) in [5.74, 6) is -2.57. The van der Waals surface area contributed by atoms with Crippen molar-refractivity contribution in [2.24, 2.45) is 11.1 Å². The Kier molecular flexibility index (Phi) is 4.38. The average Bonchev–Trinajstić information content (AvgIpc) is 3.28. The average molecular weight is 412 g/mol. The van der Waals surface area contributed by atoms with E-state index in [0.717, 1.165) is 11.0 Å². The Morgan fingerprint density at radius 3 is 2.40 bits per heavy atom. The van der Waals surface area contributed by atoms with Gasteiger partial charge in [-0.2, -0.15) is 0 Å². The van der Waals surface area contributed by atoms with Crippen LogP contribution in [0, 0.1) is 26.1 Å². The Morgan fingerprint density at radius 1 is 1.03 bits per heavy atom. The third-order valence-corrected chi connectivity index (χ3v) is 4.78. The molecule has 12 nitrogen and oxygen atoms in total. The van der Waals surface area contributed by atoms with Crippen LogP contribution in [-0.4, -0.2) is 40.6 Å². The van der Waals surface area contributed by atoms with Gasteiger partial charge in [0.2, 0.25) is 12.0 Å². The molecule has 2 aromatic carbocycles. The second-order valence-corrected chi connectivity index (χ2v) is 6.41. The van der Waals surface area contributed by atoms with E-state index in [2.05, 4.69) is 5.16 Å². The lowest BCUT2D eigenvalue weighted by Crippen LogP contribution is -2.33. The minimum atomic E-state index is -1.28. The number of methoxy groups -OCH3 is 1. The number of carbonyl (C=O) groups is 2. The predicted molar refractivity (Wildman–Crippen MR) is 100 cm³/mol. The van der Waals surface area contributed by atoms with E-state index >= 15 is 0 Å². The van der Waals surface area contributed by atoms with Crippen LogP contribution >= 0.6 is 0 Å². The van der Waals surface area contributed by atoms with Crippen LogP contribution in [0.15, 0.2) is 47.6 Å². The van der Waals surface area contributed by atoms with E-state index in [1.807, 2.05) is 0 Å². The van der Waals surface area contributed by atoms with Crippen molar-refractivity contribution in [1.29, 1.82) is 0 Å². The van der Waals surface area contributed by atoms with Crippen molar-refractivity contribution in [3.05, 3.63) is 68.3 Å². The van der Waals surface area contributed by atoms with Crippen molar-refractivity contribution in [2.75, 3.05) is 12.0 Å². The maximum Gasteiger partial charge on any atom is 0.279 e. The molecule has 0 N–H and O–H groups in total. The summed E-state index contributed by atoms with van der Waals surface area (Å²) >= 11 is 0. The van der Waals surface area contributed by atoms with Crippen LogP contribution in [-0.2, 0) is 14.4 Å². The molecule has 0 spiro atoms. The molecule has 0 bridgehead atoms. The molecule has 0 aliphatic carbocycles. The fraction of sp³-hybridized carbons (Fsp3) is 0.167. The molecule has 4 rings (SSSR count). The zero-order chi connectivity index (χ0) is 21.6. The molecule has 0 aromatic heterocycles. The molecule has 30 heavy (non-hydrogen) atoms. The molecular weight excluding hydrogens is 400 g/mol. The topological polar surface area (TPSA) is 154 Å². The molecule has 152 valence electrons. The maximum atomic E-state index is 13.1. The molecule has 2 atom stereocenters. The quantitative estimate of drug-likeness (QED) is 0.409. The number of oxime groups is 1. The molecule has 0 radical (unpaired) electrons. The predicted octanol–water partition coefficient (Wildman–Crippen LogP) is 1.80. The van der Waals surface area contributed by atoms with Crippen molar-refractivity contribution in [3.8, 4) is 5.75 Å². The van der Waals surface area contributed by atoms with E-state index in [9.17, 15) is 29.8 Å². The van der Waals surface area contributed by atoms with Gasteiger partial charge in [-0.1, -0.05) is 17.3 Å². The summed E-state index contributed by atoms with van der Waals surface area (Å²) in [6.45, 7) is 0. The Bertz CT molecular complexity index is 1140. The van der Waals surface area contributed by atoms with E-state index in [-0.39, 0.29) is 34.1 Å². The number of non-ortho nitro benzene ring substituents is 2. The Morgan fingerprint density at radius 2 is 1.73 bits per heavy atom. The molecule has 2 heterocycles. The zero-order valence-electron chi connectivity index (χ0n) is 15.3. The van der Waals surface area contributed by atoms with Crippen LogP contribution in [0.5, 0.6) is 5.75 Å². The maximum absolute atomic E-state index is 13.1. The summed E-state index contributed by atoms with van der Waals surface area (Å²) in [6, 6.07) is 8.94. The Labute approximate surface area is 167 Å². The van der Waals surface area contributed by atoms with Crippen molar-refractivity contribution in [1.82, 2.24) is 0 Å². The van der Waals surface area contributed by atoms with Gasteiger partial charge in [-0.05, 0) is 6.07 Å². The SMILES string of the molecule is COc1ccc([N+](=O)[O-])cc1N1C(=O)C2ON=C(c3cccc([N+](=O)[O-])c3)C2C1=O. The Hall–Kier alpha value is -4.35. The standard InChI is InChI=1S/C18H12N4O8/c1-29-13-6-5-11(22(27)28)8-12(13)20-17(23)14-15(19-30-16(14)18(20)24)9-3-2-4-10(7-9)21(25)26/h2-8,14,16H,1H3. The normalized spacial score (nSPS) is 19.9.